The number of pyridine rings is 1. The van der Waals surface area contributed by atoms with Crippen LogP contribution >= 0.6 is 0 Å². The third-order valence-electron chi connectivity index (χ3n) is 4.30. The Balaban J connectivity index is 1.65. The molecule has 0 saturated carbocycles. The van der Waals surface area contributed by atoms with Crippen molar-refractivity contribution in [2.45, 2.75) is 13.3 Å². The molecule has 3 aromatic rings. The summed E-state index contributed by atoms with van der Waals surface area (Å²) in [5.41, 5.74) is 3.32. The highest BCUT2D eigenvalue weighted by molar-refractivity contribution is 6.04. The summed E-state index contributed by atoms with van der Waals surface area (Å²) < 4.78 is 10.4. The number of rotatable bonds is 7. The Bertz CT molecular complexity index is 938. The molecule has 1 amide bonds. The molecular weight excluding hydrogens is 354 g/mol. The maximum absolute atomic E-state index is 12.5. The number of carbonyl (C=O) groups excluding carboxylic acids is 1. The first kappa shape index (κ1) is 19.2. The molecule has 0 fully saturated rings. The summed E-state index contributed by atoms with van der Waals surface area (Å²) in [4.78, 5) is 16.8. The molecule has 28 heavy (non-hydrogen) atoms. The first-order valence-electron chi connectivity index (χ1n) is 8.98. The minimum atomic E-state index is -0.251. The van der Waals surface area contributed by atoms with Gasteiger partial charge in [0.15, 0.2) is 11.5 Å². The number of aromatic nitrogens is 1. The largest absolute Gasteiger partial charge is 0.493 e. The Morgan fingerprint density at radius 3 is 2.25 bits per heavy atom. The lowest BCUT2D eigenvalue weighted by molar-refractivity contribution is 0.102. The van der Waals surface area contributed by atoms with E-state index < -0.39 is 0 Å². The van der Waals surface area contributed by atoms with Gasteiger partial charge in [-0.25, -0.2) is 4.98 Å². The van der Waals surface area contributed by atoms with Gasteiger partial charge < -0.3 is 20.1 Å². The number of hydrogen-bond donors (Lipinski definition) is 2. The molecular formula is C22H23N3O3. The Hall–Kier alpha value is -3.54. The van der Waals surface area contributed by atoms with E-state index in [9.17, 15) is 4.79 Å². The smallest absolute Gasteiger partial charge is 0.255 e. The maximum Gasteiger partial charge on any atom is 0.255 e. The Morgan fingerprint density at radius 1 is 0.929 bits per heavy atom. The summed E-state index contributed by atoms with van der Waals surface area (Å²) in [7, 11) is 3.09. The van der Waals surface area contributed by atoms with Gasteiger partial charge in [-0.15, -0.1) is 0 Å². The first-order valence-corrected chi connectivity index (χ1v) is 8.98. The quantitative estimate of drug-likeness (QED) is 0.627. The van der Waals surface area contributed by atoms with E-state index in [2.05, 4.69) is 34.7 Å². The number of aryl methyl sites for hydroxylation is 1. The Morgan fingerprint density at radius 2 is 1.64 bits per heavy atom. The van der Waals surface area contributed by atoms with E-state index in [-0.39, 0.29) is 5.91 Å². The van der Waals surface area contributed by atoms with Crippen LogP contribution in [0.1, 0.15) is 22.8 Å². The van der Waals surface area contributed by atoms with Gasteiger partial charge in [-0.05, 0) is 54.4 Å². The molecule has 3 rings (SSSR count). The Kier molecular flexibility index (Phi) is 6.11. The van der Waals surface area contributed by atoms with Gasteiger partial charge in [-0.2, -0.15) is 0 Å². The number of nitrogens with one attached hydrogen (secondary N) is 2. The van der Waals surface area contributed by atoms with Crippen molar-refractivity contribution < 1.29 is 14.3 Å². The van der Waals surface area contributed by atoms with E-state index in [1.165, 1.54) is 12.7 Å². The van der Waals surface area contributed by atoms with Gasteiger partial charge in [0.1, 0.15) is 5.82 Å². The highest BCUT2D eigenvalue weighted by Gasteiger charge is 2.11. The zero-order chi connectivity index (χ0) is 19.9. The van der Waals surface area contributed by atoms with Crippen LogP contribution in [0.15, 0.2) is 60.8 Å². The molecule has 0 aliphatic rings. The number of carbonyl (C=O) groups is 1. The summed E-state index contributed by atoms with van der Waals surface area (Å²) >= 11 is 0. The molecule has 0 bridgehead atoms. The topological polar surface area (TPSA) is 72.5 Å². The second-order valence-electron chi connectivity index (χ2n) is 6.13. The molecule has 144 valence electrons. The number of benzene rings is 2. The van der Waals surface area contributed by atoms with Crippen LogP contribution in [0.2, 0.25) is 0 Å². The third-order valence-corrected chi connectivity index (χ3v) is 4.30. The predicted molar refractivity (Wildman–Crippen MR) is 111 cm³/mol. The molecule has 6 heteroatoms. The highest BCUT2D eigenvalue weighted by atomic mass is 16.5. The number of hydrogen-bond acceptors (Lipinski definition) is 5. The van der Waals surface area contributed by atoms with Crippen LogP contribution in [0.3, 0.4) is 0 Å². The molecule has 6 nitrogen and oxygen atoms in total. The third kappa shape index (κ3) is 4.59. The fraction of sp³-hybridized carbons (Fsp3) is 0.182. The van der Waals surface area contributed by atoms with Crippen LogP contribution in [0, 0.1) is 0 Å². The average Bonchev–Trinajstić information content (AvgIpc) is 2.75. The van der Waals surface area contributed by atoms with Crippen LogP contribution in [0.4, 0.5) is 17.2 Å². The fourth-order valence-corrected chi connectivity index (χ4v) is 2.69. The van der Waals surface area contributed by atoms with Crippen LogP contribution in [-0.4, -0.2) is 25.1 Å². The van der Waals surface area contributed by atoms with Crippen molar-refractivity contribution in [2.24, 2.45) is 0 Å². The molecule has 0 spiro atoms. The number of methoxy groups -OCH3 is 2. The van der Waals surface area contributed by atoms with Crippen molar-refractivity contribution in [3.8, 4) is 11.5 Å². The molecule has 0 unspecified atom stereocenters. The number of nitrogens with zero attached hydrogens (tertiary/aromatic N) is 1. The molecule has 0 aliphatic heterocycles. The van der Waals surface area contributed by atoms with Gasteiger partial charge in [0.05, 0.1) is 26.1 Å². The van der Waals surface area contributed by atoms with Gasteiger partial charge in [0.25, 0.3) is 5.91 Å². The first-order chi connectivity index (χ1) is 13.6. The molecule has 0 atom stereocenters. The lowest BCUT2D eigenvalue weighted by Gasteiger charge is -2.10. The van der Waals surface area contributed by atoms with E-state index >= 15 is 0 Å². The van der Waals surface area contributed by atoms with Crippen molar-refractivity contribution in [3.05, 3.63) is 71.9 Å². The van der Waals surface area contributed by atoms with E-state index in [4.69, 9.17) is 9.47 Å². The van der Waals surface area contributed by atoms with Crippen molar-refractivity contribution in [1.82, 2.24) is 4.98 Å². The van der Waals surface area contributed by atoms with Gasteiger partial charge in [-0.3, -0.25) is 4.79 Å². The summed E-state index contributed by atoms with van der Waals surface area (Å²) in [5, 5.41) is 6.07. The maximum atomic E-state index is 12.5. The lowest BCUT2D eigenvalue weighted by Crippen LogP contribution is -2.12. The second kappa shape index (κ2) is 8.90. The lowest BCUT2D eigenvalue weighted by atomic mass is 10.1. The average molecular weight is 377 g/mol. The Labute approximate surface area is 164 Å². The molecule has 0 aliphatic carbocycles. The summed E-state index contributed by atoms with van der Waals surface area (Å²) in [6.07, 6.45) is 2.62. The van der Waals surface area contributed by atoms with Gasteiger partial charge in [0.2, 0.25) is 0 Å². The zero-order valence-corrected chi connectivity index (χ0v) is 16.2. The van der Waals surface area contributed by atoms with E-state index in [0.717, 1.165) is 12.1 Å². The van der Waals surface area contributed by atoms with Crippen LogP contribution < -0.4 is 20.1 Å². The molecule has 0 saturated heterocycles. The highest BCUT2D eigenvalue weighted by Crippen LogP contribution is 2.28. The van der Waals surface area contributed by atoms with Crippen molar-refractivity contribution in [3.63, 3.8) is 0 Å². The molecule has 2 aromatic carbocycles. The van der Waals surface area contributed by atoms with Gasteiger partial charge >= 0.3 is 0 Å². The zero-order valence-electron chi connectivity index (χ0n) is 16.2. The normalized spacial score (nSPS) is 10.2. The number of ether oxygens (including phenoxy) is 2. The molecule has 1 aromatic heterocycles. The van der Waals surface area contributed by atoms with Gasteiger partial charge in [-0.1, -0.05) is 19.1 Å². The van der Waals surface area contributed by atoms with E-state index in [1.807, 2.05) is 18.2 Å². The van der Waals surface area contributed by atoms with Crippen molar-refractivity contribution in [1.29, 1.82) is 0 Å². The summed E-state index contributed by atoms with van der Waals surface area (Å²) in [5.74, 6) is 1.53. The van der Waals surface area contributed by atoms with Crippen LogP contribution in [-0.2, 0) is 6.42 Å². The SMILES string of the molecule is CCc1ccc(Nc2ccc(NC(=O)c3ccc(OC)c(OC)c3)cn2)cc1. The minimum absolute atomic E-state index is 0.251. The minimum Gasteiger partial charge on any atom is -0.493 e. The van der Waals surface area contributed by atoms with Crippen molar-refractivity contribution in [2.75, 3.05) is 24.9 Å². The van der Waals surface area contributed by atoms with E-state index in [0.29, 0.717) is 28.6 Å². The van der Waals surface area contributed by atoms with Gasteiger partial charge in [0, 0.05) is 11.3 Å². The second-order valence-corrected chi connectivity index (χ2v) is 6.13. The monoisotopic (exact) mass is 377 g/mol. The molecule has 1 heterocycles. The molecule has 0 radical (unpaired) electrons. The number of amides is 1. The van der Waals surface area contributed by atoms with E-state index in [1.54, 1.807) is 37.6 Å². The number of anilines is 3. The van der Waals surface area contributed by atoms with Crippen LogP contribution in [0.25, 0.3) is 0 Å². The van der Waals surface area contributed by atoms with Crippen LogP contribution in [0.5, 0.6) is 11.5 Å². The molecule has 2 N–H and O–H groups in total. The summed E-state index contributed by atoms with van der Waals surface area (Å²) in [6, 6.07) is 16.8. The summed E-state index contributed by atoms with van der Waals surface area (Å²) in [6.45, 7) is 2.12. The fourth-order valence-electron chi connectivity index (χ4n) is 2.69. The standard InChI is InChI=1S/C22H23N3O3/c1-4-15-5-8-17(9-6-15)24-21-12-10-18(14-23-21)25-22(26)16-7-11-19(27-2)20(13-16)28-3/h5-14H,4H2,1-3H3,(H,23,24)(H,25,26). The van der Waals surface area contributed by atoms with Crippen molar-refractivity contribution >= 4 is 23.1 Å². The predicted octanol–water partition coefficient (Wildman–Crippen LogP) is 4.66.